The molecule has 112 valence electrons. The second-order valence-electron chi connectivity index (χ2n) is 4.40. The Bertz CT molecular complexity index is 670. The van der Waals surface area contributed by atoms with Gasteiger partial charge in [-0.2, -0.15) is 17.7 Å². The summed E-state index contributed by atoms with van der Waals surface area (Å²) in [4.78, 5) is 12.1. The minimum atomic E-state index is -0.108. The third kappa shape index (κ3) is 3.05. The van der Waals surface area contributed by atoms with E-state index in [1.165, 1.54) is 4.68 Å². The van der Waals surface area contributed by atoms with Gasteiger partial charge in [0.05, 0.1) is 19.9 Å². The summed E-state index contributed by atoms with van der Waals surface area (Å²) in [6.07, 6.45) is 0. The minimum Gasteiger partial charge on any atom is -0.497 e. The van der Waals surface area contributed by atoms with Crippen LogP contribution in [0.25, 0.3) is 11.3 Å². The van der Waals surface area contributed by atoms with Gasteiger partial charge in [0.25, 0.3) is 5.56 Å². The Morgan fingerprint density at radius 1 is 1.24 bits per heavy atom. The Kier molecular flexibility index (Phi) is 4.90. The highest BCUT2D eigenvalue weighted by Gasteiger charge is 2.13. The molecule has 0 radical (unpaired) electrons. The van der Waals surface area contributed by atoms with E-state index in [1.54, 1.807) is 26.4 Å². The van der Waals surface area contributed by atoms with Crippen LogP contribution in [0.4, 0.5) is 0 Å². The van der Waals surface area contributed by atoms with Gasteiger partial charge in [0, 0.05) is 29.5 Å². The molecule has 1 aromatic carbocycles. The molecule has 6 heteroatoms. The molecule has 0 aliphatic heterocycles. The molecule has 0 fully saturated rings. The highest BCUT2D eigenvalue weighted by Crippen LogP contribution is 2.32. The molecule has 5 nitrogen and oxygen atoms in total. The van der Waals surface area contributed by atoms with Crippen LogP contribution in [-0.2, 0) is 12.3 Å². The molecule has 0 atom stereocenters. The van der Waals surface area contributed by atoms with E-state index in [1.807, 2.05) is 19.1 Å². The van der Waals surface area contributed by atoms with E-state index in [-0.39, 0.29) is 5.56 Å². The molecule has 0 N–H and O–H groups in total. The molecule has 0 aliphatic rings. The number of thiol groups is 1. The van der Waals surface area contributed by atoms with Crippen LogP contribution in [0.15, 0.2) is 29.1 Å². The van der Waals surface area contributed by atoms with E-state index in [2.05, 4.69) is 17.7 Å². The number of ether oxygens (including phenoxy) is 2. The lowest BCUT2D eigenvalue weighted by atomic mass is 10.1. The first-order chi connectivity index (χ1) is 10.1. The highest BCUT2D eigenvalue weighted by molar-refractivity contribution is 7.79. The van der Waals surface area contributed by atoms with Crippen molar-refractivity contribution in [3.8, 4) is 22.8 Å². The van der Waals surface area contributed by atoms with Crippen molar-refractivity contribution in [2.24, 2.45) is 0 Å². The normalized spacial score (nSPS) is 10.5. The number of benzene rings is 1. The maximum Gasteiger partial charge on any atom is 0.270 e. The predicted octanol–water partition coefficient (Wildman–Crippen LogP) is 2.38. The average Bonchev–Trinajstić information content (AvgIpc) is 2.54. The lowest BCUT2D eigenvalue weighted by Crippen LogP contribution is -2.25. The quantitative estimate of drug-likeness (QED) is 0.862. The summed E-state index contributed by atoms with van der Waals surface area (Å²) in [6.45, 7) is 2.39. The topological polar surface area (TPSA) is 53.4 Å². The Morgan fingerprint density at radius 2 is 2.00 bits per heavy atom. The van der Waals surface area contributed by atoms with E-state index in [0.717, 1.165) is 5.56 Å². The van der Waals surface area contributed by atoms with Crippen LogP contribution >= 0.6 is 12.6 Å². The summed E-state index contributed by atoms with van der Waals surface area (Å²) in [6, 6.07) is 7.25. The molecule has 0 spiro atoms. The van der Waals surface area contributed by atoms with Gasteiger partial charge in [0.15, 0.2) is 0 Å². The Balaban J connectivity index is 2.63. The van der Waals surface area contributed by atoms with Crippen LogP contribution in [0.3, 0.4) is 0 Å². The fraction of sp³-hybridized carbons (Fsp3) is 0.333. The number of rotatable bonds is 5. The standard InChI is InChI=1S/C15H18N2O3S/c1-4-17-15(18)10(9-21)7-13(16-17)12-6-5-11(19-2)8-14(12)20-3/h5-8,21H,4,9H2,1-3H3. The third-order valence-corrected chi connectivity index (χ3v) is 3.54. The van der Waals surface area contributed by atoms with Crippen LogP contribution < -0.4 is 15.0 Å². The van der Waals surface area contributed by atoms with Crippen LogP contribution in [0, 0.1) is 0 Å². The molecule has 0 aliphatic carbocycles. The van der Waals surface area contributed by atoms with Gasteiger partial charge >= 0.3 is 0 Å². The maximum absolute atomic E-state index is 12.1. The zero-order valence-corrected chi connectivity index (χ0v) is 13.2. The van der Waals surface area contributed by atoms with Crippen molar-refractivity contribution in [2.45, 2.75) is 19.2 Å². The number of methoxy groups -OCH3 is 2. The number of hydrogen-bond acceptors (Lipinski definition) is 5. The van der Waals surface area contributed by atoms with Gasteiger partial charge in [0.1, 0.15) is 11.5 Å². The number of hydrogen-bond donors (Lipinski definition) is 1. The predicted molar refractivity (Wildman–Crippen MR) is 85.4 cm³/mol. The largest absolute Gasteiger partial charge is 0.497 e. The molecule has 1 heterocycles. The molecular formula is C15H18N2O3S. The summed E-state index contributed by atoms with van der Waals surface area (Å²) in [5.41, 5.74) is 2.00. The summed E-state index contributed by atoms with van der Waals surface area (Å²) in [5, 5.41) is 4.38. The summed E-state index contributed by atoms with van der Waals surface area (Å²) in [5.74, 6) is 1.72. The van der Waals surface area contributed by atoms with Crippen molar-refractivity contribution in [1.29, 1.82) is 0 Å². The van der Waals surface area contributed by atoms with Crippen molar-refractivity contribution in [3.05, 3.63) is 40.2 Å². The average molecular weight is 306 g/mol. The first kappa shape index (κ1) is 15.4. The summed E-state index contributed by atoms with van der Waals surface area (Å²) >= 11 is 4.21. The summed E-state index contributed by atoms with van der Waals surface area (Å²) in [7, 11) is 3.19. The smallest absolute Gasteiger partial charge is 0.270 e. The number of aryl methyl sites for hydroxylation is 1. The van der Waals surface area contributed by atoms with E-state index in [0.29, 0.717) is 35.1 Å². The van der Waals surface area contributed by atoms with Gasteiger partial charge in [-0.15, -0.1) is 0 Å². The molecule has 2 rings (SSSR count). The lowest BCUT2D eigenvalue weighted by Gasteiger charge is -2.12. The Morgan fingerprint density at radius 3 is 2.57 bits per heavy atom. The molecule has 2 aromatic rings. The zero-order chi connectivity index (χ0) is 15.4. The molecule has 0 bridgehead atoms. The molecule has 0 saturated carbocycles. The monoisotopic (exact) mass is 306 g/mol. The highest BCUT2D eigenvalue weighted by atomic mass is 32.1. The first-order valence-corrected chi connectivity index (χ1v) is 7.22. The van der Waals surface area contributed by atoms with E-state index >= 15 is 0 Å². The molecule has 0 unspecified atom stereocenters. The van der Waals surface area contributed by atoms with Crippen molar-refractivity contribution in [3.63, 3.8) is 0 Å². The van der Waals surface area contributed by atoms with E-state index in [4.69, 9.17) is 9.47 Å². The van der Waals surface area contributed by atoms with Crippen molar-refractivity contribution >= 4 is 12.6 Å². The minimum absolute atomic E-state index is 0.108. The Hall–Kier alpha value is -1.95. The summed E-state index contributed by atoms with van der Waals surface area (Å²) < 4.78 is 12.0. The van der Waals surface area contributed by atoms with E-state index < -0.39 is 0 Å². The first-order valence-electron chi connectivity index (χ1n) is 6.58. The van der Waals surface area contributed by atoms with Crippen molar-refractivity contribution < 1.29 is 9.47 Å². The van der Waals surface area contributed by atoms with Crippen LogP contribution in [-0.4, -0.2) is 24.0 Å². The van der Waals surface area contributed by atoms with Crippen LogP contribution in [0.5, 0.6) is 11.5 Å². The molecule has 0 amide bonds. The maximum atomic E-state index is 12.1. The molecule has 0 saturated heterocycles. The second kappa shape index (κ2) is 6.67. The van der Waals surface area contributed by atoms with Crippen LogP contribution in [0.2, 0.25) is 0 Å². The fourth-order valence-corrected chi connectivity index (χ4v) is 2.29. The van der Waals surface area contributed by atoms with Crippen molar-refractivity contribution in [1.82, 2.24) is 9.78 Å². The van der Waals surface area contributed by atoms with E-state index in [9.17, 15) is 4.79 Å². The fourth-order valence-electron chi connectivity index (χ4n) is 2.07. The number of aromatic nitrogens is 2. The molecule has 1 aromatic heterocycles. The van der Waals surface area contributed by atoms with Gasteiger partial charge in [-0.1, -0.05) is 0 Å². The SMILES string of the molecule is CCn1nc(-c2ccc(OC)cc2OC)cc(CS)c1=O. The lowest BCUT2D eigenvalue weighted by molar-refractivity contribution is 0.395. The van der Waals surface area contributed by atoms with Gasteiger partial charge in [-0.25, -0.2) is 4.68 Å². The van der Waals surface area contributed by atoms with Crippen LogP contribution in [0.1, 0.15) is 12.5 Å². The van der Waals surface area contributed by atoms with Gasteiger partial charge < -0.3 is 9.47 Å². The second-order valence-corrected chi connectivity index (χ2v) is 4.72. The van der Waals surface area contributed by atoms with Gasteiger partial charge in [-0.3, -0.25) is 4.79 Å². The molecule has 21 heavy (non-hydrogen) atoms. The Labute approximate surface area is 128 Å². The molecular weight excluding hydrogens is 288 g/mol. The zero-order valence-electron chi connectivity index (χ0n) is 12.3. The van der Waals surface area contributed by atoms with Crippen molar-refractivity contribution in [2.75, 3.05) is 14.2 Å². The number of nitrogens with zero attached hydrogens (tertiary/aromatic N) is 2. The van der Waals surface area contributed by atoms with Gasteiger partial charge in [0.2, 0.25) is 0 Å². The third-order valence-electron chi connectivity index (χ3n) is 3.20. The van der Waals surface area contributed by atoms with Gasteiger partial charge in [-0.05, 0) is 25.1 Å².